The Labute approximate surface area is 388 Å². The van der Waals surface area contributed by atoms with Crippen LogP contribution in [0.25, 0.3) is 0 Å². The standard InChI is InChI=1S/C35H44BrCl2N7O9.3Ga/c1-35(21-24-4-6-25(36)7-5-24)31(49)45(28-19-26(37)18-27(38)20-28)32(50)44(35)9-3-2-8-39-29(46)22-40-10-11-41(23-30(47)48)13-15-43(34(53)54)17-16-42(14-12-40)33(51)52;;;/h4-7,18-20H,2-3,8-17,21-23H2,1H3,(H,39,46)(H,47,48)(H,51,52)(H,53,54);;;/q;3*+3/t35-;;;/m0.../s1. The molecule has 294 valence electrons. The number of nitrogens with one attached hydrogen (secondary N) is 1. The number of amides is 6. The molecule has 0 aromatic heterocycles. The summed E-state index contributed by atoms with van der Waals surface area (Å²) in [6.45, 7) is 2.33. The van der Waals surface area contributed by atoms with E-state index in [2.05, 4.69) is 21.2 Å². The van der Waals surface area contributed by atoms with Crippen LogP contribution in [-0.2, 0) is 20.8 Å². The number of hydrogen-bond acceptors (Lipinski definition) is 8. The molecule has 6 amide bonds. The third kappa shape index (κ3) is 15.4. The molecule has 0 spiro atoms. The van der Waals surface area contributed by atoms with Crippen LogP contribution < -0.4 is 10.2 Å². The Bertz CT molecular complexity index is 1700. The molecule has 57 heavy (non-hydrogen) atoms. The van der Waals surface area contributed by atoms with Crippen LogP contribution >= 0.6 is 39.1 Å². The number of imide groups is 1. The molecule has 4 rings (SSSR count). The van der Waals surface area contributed by atoms with E-state index in [1.807, 2.05) is 24.3 Å². The molecule has 2 aliphatic rings. The van der Waals surface area contributed by atoms with Crippen molar-refractivity contribution in [1.82, 2.24) is 29.8 Å². The zero-order valence-electron chi connectivity index (χ0n) is 31.5. The van der Waals surface area contributed by atoms with Crippen molar-refractivity contribution in [3.05, 3.63) is 62.5 Å². The third-order valence-electron chi connectivity index (χ3n) is 9.39. The molecule has 1 atom stereocenters. The molecule has 4 N–H and O–H groups in total. The second-order valence-corrected chi connectivity index (χ2v) is 15.1. The summed E-state index contributed by atoms with van der Waals surface area (Å²) < 4.78 is 0.874. The molecular formula is C35H44BrCl2Ga3N7O9+9. The fourth-order valence-electron chi connectivity index (χ4n) is 6.45. The quantitative estimate of drug-likeness (QED) is 0.139. The van der Waals surface area contributed by atoms with Crippen molar-refractivity contribution in [2.75, 3.05) is 83.4 Å². The van der Waals surface area contributed by atoms with Gasteiger partial charge in [0, 0.05) is 86.4 Å². The molecule has 2 aromatic carbocycles. The van der Waals surface area contributed by atoms with Gasteiger partial charge in [-0.1, -0.05) is 51.3 Å². The van der Waals surface area contributed by atoms with Gasteiger partial charge >= 0.3 is 83.6 Å². The van der Waals surface area contributed by atoms with Crippen molar-refractivity contribution in [3.8, 4) is 0 Å². The third-order valence-corrected chi connectivity index (χ3v) is 10.4. The summed E-state index contributed by atoms with van der Waals surface area (Å²) in [5.41, 5.74) is -0.110. The van der Waals surface area contributed by atoms with Gasteiger partial charge in [0.2, 0.25) is 5.91 Å². The SMILES string of the molecule is C[C@]1(Cc2ccc(Br)cc2)C(=O)N(c2cc(Cl)cc(Cl)c2)C(=O)N1CCCCNC(=O)CN1CCN(CC(=O)O)CCN(C(=O)O)CCN(C(=O)O)CC1.[Ga+3].[Ga+3].[Ga+3]. The van der Waals surface area contributed by atoms with E-state index in [-0.39, 0.29) is 166 Å². The monoisotopic (exact) mass is 1060 g/mol. The maximum Gasteiger partial charge on any atom is 3.00 e. The summed E-state index contributed by atoms with van der Waals surface area (Å²) in [5, 5.41) is 32.0. The van der Waals surface area contributed by atoms with Crippen LogP contribution in [-0.4, -0.2) is 219 Å². The predicted octanol–water partition coefficient (Wildman–Crippen LogP) is 2.94. The second-order valence-electron chi connectivity index (χ2n) is 13.3. The van der Waals surface area contributed by atoms with Gasteiger partial charge in [-0.05, 0) is 55.7 Å². The first kappa shape index (κ1) is 52.8. The Hall–Kier alpha value is -2.25. The Balaban J connectivity index is 0.00000541. The van der Waals surface area contributed by atoms with E-state index in [0.29, 0.717) is 12.8 Å². The summed E-state index contributed by atoms with van der Waals surface area (Å²) in [5.74, 6) is -1.83. The largest absolute Gasteiger partial charge is 3.00 e. The van der Waals surface area contributed by atoms with Crippen LogP contribution in [0.15, 0.2) is 46.9 Å². The van der Waals surface area contributed by atoms with E-state index < -0.39 is 35.6 Å². The van der Waals surface area contributed by atoms with Crippen LogP contribution in [0.4, 0.5) is 20.1 Å². The van der Waals surface area contributed by atoms with E-state index in [9.17, 15) is 44.1 Å². The number of carbonyl (C=O) groups is 6. The Kier molecular flexibility index (Phi) is 22.9. The van der Waals surface area contributed by atoms with Gasteiger partial charge in [-0.2, -0.15) is 0 Å². The van der Waals surface area contributed by atoms with Crippen molar-refractivity contribution in [1.29, 1.82) is 0 Å². The van der Waals surface area contributed by atoms with Gasteiger partial charge < -0.3 is 35.3 Å². The number of nitrogens with zero attached hydrogens (tertiary/aromatic N) is 6. The van der Waals surface area contributed by atoms with Crippen LogP contribution in [0.3, 0.4) is 0 Å². The van der Waals surface area contributed by atoms with Crippen molar-refractivity contribution in [2.24, 2.45) is 0 Å². The first-order valence-electron chi connectivity index (χ1n) is 17.3. The number of carboxylic acids is 1. The number of aliphatic carboxylic acids is 1. The molecule has 2 fully saturated rings. The fourth-order valence-corrected chi connectivity index (χ4v) is 7.23. The number of rotatable bonds is 12. The van der Waals surface area contributed by atoms with Crippen molar-refractivity contribution < 1.29 is 44.1 Å². The molecule has 2 saturated heterocycles. The van der Waals surface area contributed by atoms with E-state index in [1.54, 1.807) is 16.7 Å². The van der Waals surface area contributed by atoms with Crippen LogP contribution in [0.1, 0.15) is 25.3 Å². The number of urea groups is 1. The van der Waals surface area contributed by atoms with Gasteiger partial charge in [-0.25, -0.2) is 19.3 Å². The summed E-state index contributed by atoms with van der Waals surface area (Å²) >= 11 is 15.9. The van der Waals surface area contributed by atoms with Crippen LogP contribution in [0.5, 0.6) is 0 Å². The van der Waals surface area contributed by atoms with Gasteiger partial charge in [-0.3, -0.25) is 24.2 Å². The molecule has 2 aromatic rings. The Morgan fingerprint density at radius 1 is 0.754 bits per heavy atom. The Morgan fingerprint density at radius 2 is 1.25 bits per heavy atom. The normalized spacial score (nSPS) is 18.4. The minimum absolute atomic E-state index is 0. The number of anilines is 1. The molecule has 0 bridgehead atoms. The minimum Gasteiger partial charge on any atom is -0.480 e. The van der Waals surface area contributed by atoms with E-state index in [4.69, 9.17) is 23.2 Å². The second kappa shape index (κ2) is 24.7. The average Bonchev–Trinajstić information content (AvgIpc) is 3.26. The van der Waals surface area contributed by atoms with E-state index in [1.165, 1.54) is 23.1 Å². The number of carbonyl (C=O) groups excluding carboxylic acids is 3. The molecule has 22 heteroatoms. The van der Waals surface area contributed by atoms with Crippen LogP contribution in [0, 0.1) is 0 Å². The Morgan fingerprint density at radius 3 is 1.75 bits per heavy atom. The number of carboxylic acid groups (broad SMARTS) is 3. The van der Waals surface area contributed by atoms with Crippen molar-refractivity contribution in [3.63, 3.8) is 0 Å². The molecule has 16 nitrogen and oxygen atoms in total. The summed E-state index contributed by atoms with van der Waals surface area (Å²) in [6.07, 6.45) is -1.27. The zero-order valence-corrected chi connectivity index (χ0v) is 41.9. The predicted molar refractivity (Wildman–Crippen MR) is 222 cm³/mol. The van der Waals surface area contributed by atoms with Gasteiger partial charge in [0.1, 0.15) is 5.54 Å². The van der Waals surface area contributed by atoms with Crippen molar-refractivity contribution >= 4 is 140 Å². The molecule has 0 unspecified atom stereocenters. The number of hydrogen-bond donors (Lipinski definition) is 4. The molecular weight excluding hydrogens is 1020 g/mol. The topological polar surface area (TPSA) is 195 Å². The molecule has 2 aliphatic heterocycles. The molecule has 0 radical (unpaired) electrons. The van der Waals surface area contributed by atoms with Crippen LogP contribution in [0.2, 0.25) is 10.0 Å². The fraction of sp³-hybridized carbons (Fsp3) is 0.486. The van der Waals surface area contributed by atoms with Gasteiger partial charge in [0.15, 0.2) is 0 Å². The maximum absolute atomic E-state index is 14.0. The van der Waals surface area contributed by atoms with Gasteiger partial charge in [0.05, 0.1) is 18.8 Å². The van der Waals surface area contributed by atoms with Gasteiger partial charge in [-0.15, -0.1) is 0 Å². The summed E-state index contributed by atoms with van der Waals surface area (Å²) in [4.78, 5) is 84.1. The molecule has 0 aliphatic carbocycles. The average molecular weight is 1070 g/mol. The zero-order chi connectivity index (χ0) is 39.6. The van der Waals surface area contributed by atoms with E-state index >= 15 is 0 Å². The summed E-state index contributed by atoms with van der Waals surface area (Å²) in [7, 11) is 0. The van der Waals surface area contributed by atoms with E-state index in [0.717, 1.165) is 24.7 Å². The van der Waals surface area contributed by atoms with Gasteiger partial charge in [0.25, 0.3) is 5.91 Å². The number of unbranched alkanes of at least 4 members (excludes halogenated alkanes) is 1. The number of halogens is 3. The summed E-state index contributed by atoms with van der Waals surface area (Å²) in [6, 6.07) is 11.5. The van der Waals surface area contributed by atoms with Crippen molar-refractivity contribution in [2.45, 2.75) is 31.7 Å². The first-order chi connectivity index (χ1) is 25.6. The smallest absolute Gasteiger partial charge is 0.480 e. The maximum atomic E-state index is 14.0. The number of benzene rings is 2. The minimum atomic E-state index is -1.23. The first-order valence-corrected chi connectivity index (χ1v) is 18.9. The molecule has 2 heterocycles. The molecule has 0 saturated carbocycles.